The Kier molecular flexibility index (Phi) is 4.73. The van der Waals surface area contributed by atoms with Crippen LogP contribution in [-0.2, 0) is 13.0 Å². The minimum absolute atomic E-state index is 0.0254. The topological polar surface area (TPSA) is 75.4 Å². The van der Waals surface area contributed by atoms with Gasteiger partial charge >= 0.3 is 0 Å². The van der Waals surface area contributed by atoms with Gasteiger partial charge in [-0.3, -0.25) is 14.2 Å². The Morgan fingerprint density at radius 2 is 2.17 bits per heavy atom. The van der Waals surface area contributed by atoms with E-state index in [9.17, 15) is 14.7 Å². The van der Waals surface area contributed by atoms with Crippen molar-refractivity contribution in [3.05, 3.63) is 26.6 Å². The lowest BCUT2D eigenvalue weighted by atomic mass is 10.2. The van der Waals surface area contributed by atoms with E-state index in [4.69, 9.17) is 0 Å². The summed E-state index contributed by atoms with van der Waals surface area (Å²) in [6.07, 6.45) is 3.96. The minimum atomic E-state index is -0.270. The number of carbonyl (C=O) groups excluding carboxylic acids is 1. The number of hydrogen-bond donors (Lipinski definition) is 1. The molecule has 0 saturated carbocycles. The fourth-order valence-electron chi connectivity index (χ4n) is 3.10. The van der Waals surface area contributed by atoms with Gasteiger partial charge in [0.05, 0.1) is 22.9 Å². The molecule has 3 heterocycles. The van der Waals surface area contributed by atoms with Crippen molar-refractivity contribution in [2.24, 2.45) is 0 Å². The summed E-state index contributed by atoms with van der Waals surface area (Å²) in [6.45, 7) is 4.21. The normalized spacial score (nSPS) is 15.8. The van der Waals surface area contributed by atoms with Gasteiger partial charge < -0.3 is 10.0 Å². The summed E-state index contributed by atoms with van der Waals surface area (Å²) in [6, 6.07) is -0.270. The fraction of sp³-hybridized carbons (Fsp3) is 0.588. The van der Waals surface area contributed by atoms with Crippen LogP contribution in [0.1, 0.15) is 47.2 Å². The van der Waals surface area contributed by atoms with E-state index >= 15 is 0 Å². The summed E-state index contributed by atoms with van der Waals surface area (Å²) in [5.74, 6) is 0.666. The highest BCUT2D eigenvalue weighted by atomic mass is 32.1. The Bertz CT molecular complexity index is 840. The number of aliphatic hydroxyl groups excluding tert-OH is 1. The van der Waals surface area contributed by atoms with E-state index in [1.54, 1.807) is 18.5 Å². The first kappa shape index (κ1) is 17.1. The smallest absolute Gasteiger partial charge is 0.264 e. The van der Waals surface area contributed by atoms with Crippen molar-refractivity contribution in [2.45, 2.75) is 52.1 Å². The number of aliphatic hydroxyl groups is 1. The second-order valence-electron chi connectivity index (χ2n) is 6.48. The molecule has 1 N–H and O–H groups in total. The molecule has 0 aliphatic carbocycles. The Labute approximate surface area is 144 Å². The zero-order valence-electron chi connectivity index (χ0n) is 14.3. The third-order valence-corrected chi connectivity index (χ3v) is 6.03. The van der Waals surface area contributed by atoms with Gasteiger partial charge in [0.15, 0.2) is 0 Å². The Hall–Kier alpha value is -1.73. The van der Waals surface area contributed by atoms with Crippen LogP contribution < -0.4 is 5.56 Å². The molecule has 1 aliphatic heterocycles. The molecule has 3 rings (SSSR count). The second kappa shape index (κ2) is 6.64. The summed E-state index contributed by atoms with van der Waals surface area (Å²) in [5, 5.41) is 9.84. The number of likely N-dealkylation sites (N-methyl/N-ethyl adjacent to an activating group) is 1. The maximum Gasteiger partial charge on any atom is 0.264 e. The predicted octanol–water partition coefficient (Wildman–Crippen LogP) is 1.95. The number of rotatable bonds is 3. The number of aryl methyl sites for hydroxylation is 2. The molecule has 2 aromatic heterocycles. The van der Waals surface area contributed by atoms with Crippen molar-refractivity contribution in [3.8, 4) is 0 Å². The van der Waals surface area contributed by atoms with Crippen molar-refractivity contribution in [1.82, 2.24) is 14.5 Å². The van der Waals surface area contributed by atoms with Crippen LogP contribution in [0.2, 0.25) is 0 Å². The van der Waals surface area contributed by atoms with Crippen LogP contribution in [0.15, 0.2) is 4.79 Å². The second-order valence-corrected chi connectivity index (χ2v) is 7.48. The van der Waals surface area contributed by atoms with Gasteiger partial charge in [0.25, 0.3) is 11.5 Å². The summed E-state index contributed by atoms with van der Waals surface area (Å²) in [4.78, 5) is 33.0. The zero-order chi connectivity index (χ0) is 17.4. The van der Waals surface area contributed by atoms with Crippen LogP contribution in [0.3, 0.4) is 0 Å². The molecule has 7 heteroatoms. The van der Waals surface area contributed by atoms with E-state index in [0.717, 1.165) is 31.5 Å². The molecule has 0 bridgehead atoms. The van der Waals surface area contributed by atoms with Crippen LogP contribution in [-0.4, -0.2) is 45.2 Å². The Balaban J connectivity index is 2.13. The SMILES string of the molecule is Cc1c(C(=O)N(C)C(C)CO)sc2nc3n(c(=O)c12)CCCCC3. The molecule has 1 atom stereocenters. The number of nitrogens with zero attached hydrogens (tertiary/aromatic N) is 3. The van der Waals surface area contributed by atoms with Gasteiger partial charge in [-0.25, -0.2) is 4.98 Å². The Morgan fingerprint density at radius 3 is 2.88 bits per heavy atom. The van der Waals surface area contributed by atoms with Crippen LogP contribution in [0.4, 0.5) is 0 Å². The number of aromatic nitrogens is 2. The molecule has 0 saturated heterocycles. The van der Waals surface area contributed by atoms with Crippen molar-refractivity contribution >= 4 is 27.5 Å². The van der Waals surface area contributed by atoms with Gasteiger partial charge in [-0.15, -0.1) is 11.3 Å². The number of hydrogen-bond acceptors (Lipinski definition) is 5. The summed E-state index contributed by atoms with van der Waals surface area (Å²) >= 11 is 1.28. The molecular formula is C17H23N3O3S. The van der Waals surface area contributed by atoms with Crippen LogP contribution >= 0.6 is 11.3 Å². The number of fused-ring (bicyclic) bond motifs is 2. The Morgan fingerprint density at radius 1 is 1.42 bits per heavy atom. The first-order valence-electron chi connectivity index (χ1n) is 8.36. The first-order chi connectivity index (χ1) is 11.5. The average molecular weight is 349 g/mol. The van der Waals surface area contributed by atoms with E-state index in [1.165, 1.54) is 16.2 Å². The van der Waals surface area contributed by atoms with E-state index < -0.39 is 0 Å². The largest absolute Gasteiger partial charge is 0.394 e. The van der Waals surface area contributed by atoms with E-state index in [-0.39, 0.29) is 24.1 Å². The molecule has 0 aromatic carbocycles. The molecule has 0 radical (unpaired) electrons. The lowest BCUT2D eigenvalue weighted by molar-refractivity contribution is 0.0686. The average Bonchev–Trinajstić information content (AvgIpc) is 2.75. The third-order valence-electron chi connectivity index (χ3n) is 4.85. The molecule has 1 aliphatic rings. The maximum absolute atomic E-state index is 12.9. The summed E-state index contributed by atoms with van der Waals surface area (Å²) in [5.41, 5.74) is 0.677. The lowest BCUT2D eigenvalue weighted by Crippen LogP contribution is -2.37. The third kappa shape index (κ3) is 2.75. The van der Waals surface area contributed by atoms with Crippen molar-refractivity contribution < 1.29 is 9.90 Å². The van der Waals surface area contributed by atoms with Gasteiger partial charge in [0, 0.05) is 20.0 Å². The molecule has 130 valence electrons. The van der Waals surface area contributed by atoms with Crippen molar-refractivity contribution in [2.75, 3.05) is 13.7 Å². The summed E-state index contributed by atoms with van der Waals surface area (Å²) in [7, 11) is 1.67. The van der Waals surface area contributed by atoms with Gasteiger partial charge in [-0.1, -0.05) is 6.42 Å². The van der Waals surface area contributed by atoms with Gasteiger partial charge in [0.2, 0.25) is 0 Å². The highest BCUT2D eigenvalue weighted by molar-refractivity contribution is 7.20. The van der Waals surface area contributed by atoms with Crippen LogP contribution in [0, 0.1) is 6.92 Å². The quantitative estimate of drug-likeness (QED) is 0.919. The molecule has 0 spiro atoms. The number of thiophene rings is 1. The van der Waals surface area contributed by atoms with E-state index in [0.29, 0.717) is 27.2 Å². The van der Waals surface area contributed by atoms with Gasteiger partial charge in [-0.2, -0.15) is 0 Å². The van der Waals surface area contributed by atoms with E-state index in [2.05, 4.69) is 4.98 Å². The van der Waals surface area contributed by atoms with Gasteiger partial charge in [-0.05, 0) is 32.3 Å². The molecular weight excluding hydrogens is 326 g/mol. The number of carbonyl (C=O) groups is 1. The van der Waals surface area contributed by atoms with Crippen molar-refractivity contribution in [1.29, 1.82) is 0 Å². The van der Waals surface area contributed by atoms with Crippen LogP contribution in [0.5, 0.6) is 0 Å². The molecule has 6 nitrogen and oxygen atoms in total. The molecule has 1 unspecified atom stereocenters. The highest BCUT2D eigenvalue weighted by Gasteiger charge is 2.25. The van der Waals surface area contributed by atoms with Crippen molar-refractivity contribution in [3.63, 3.8) is 0 Å². The highest BCUT2D eigenvalue weighted by Crippen LogP contribution is 2.29. The standard InChI is InChI=1S/C17H23N3O3S/c1-10(9-21)19(3)17(23)14-11(2)13-15(24-14)18-12-7-5-4-6-8-20(12)16(13)22/h10,21H,4-9H2,1-3H3. The molecule has 1 amide bonds. The monoisotopic (exact) mass is 349 g/mol. The minimum Gasteiger partial charge on any atom is -0.394 e. The summed E-state index contributed by atoms with van der Waals surface area (Å²) < 4.78 is 1.78. The van der Waals surface area contributed by atoms with Crippen LogP contribution in [0.25, 0.3) is 10.2 Å². The molecule has 0 fully saturated rings. The predicted molar refractivity (Wildman–Crippen MR) is 94.8 cm³/mol. The fourth-order valence-corrected chi connectivity index (χ4v) is 4.27. The van der Waals surface area contributed by atoms with E-state index in [1.807, 2.05) is 6.92 Å². The molecule has 2 aromatic rings. The lowest BCUT2D eigenvalue weighted by Gasteiger charge is -2.22. The maximum atomic E-state index is 12.9. The number of amides is 1. The zero-order valence-corrected chi connectivity index (χ0v) is 15.2. The molecule has 24 heavy (non-hydrogen) atoms. The first-order valence-corrected chi connectivity index (χ1v) is 9.18. The van der Waals surface area contributed by atoms with Gasteiger partial charge in [0.1, 0.15) is 10.7 Å².